The Morgan fingerprint density at radius 2 is 2.00 bits per heavy atom. The molecule has 0 saturated heterocycles. The first-order chi connectivity index (χ1) is 5.04. The number of hydrogen-bond acceptors (Lipinski definition) is 2. The molecule has 2 nitrogen and oxygen atoms in total. The van der Waals surface area contributed by atoms with E-state index in [4.69, 9.17) is 0 Å². The molecule has 12 heavy (non-hydrogen) atoms. The topological polar surface area (TPSA) is 30.2 Å². The minimum atomic E-state index is -5.04. The summed E-state index contributed by atoms with van der Waals surface area (Å²) in [6.07, 6.45) is 0.759. The first kappa shape index (κ1) is 12.4. The minimum absolute atomic E-state index is 0. The van der Waals surface area contributed by atoms with E-state index in [0.717, 1.165) is 0 Å². The van der Waals surface area contributed by atoms with Crippen LogP contribution in [0.4, 0.5) is 12.9 Å². The third-order valence-corrected chi connectivity index (χ3v) is 1.13. The van der Waals surface area contributed by atoms with Crippen LogP contribution in [0.25, 0.3) is 0 Å². The van der Waals surface area contributed by atoms with E-state index in [1.54, 1.807) is 0 Å². The van der Waals surface area contributed by atoms with Gasteiger partial charge in [0.1, 0.15) is 0 Å². The Labute approximate surface area is 109 Å². The molecule has 7 heteroatoms. The van der Waals surface area contributed by atoms with Gasteiger partial charge in [-0.2, -0.15) is 0 Å². The Balaban J connectivity index is 0.00000121. The average Bonchev–Trinajstić information content (AvgIpc) is 2.32. The van der Waals surface area contributed by atoms with Crippen LogP contribution in [0.15, 0.2) is 16.7 Å². The molecule has 0 N–H and O–H groups in total. The Morgan fingerprint density at radius 1 is 1.42 bits per heavy atom. The van der Waals surface area contributed by atoms with Gasteiger partial charge >= 0.3 is 58.4 Å². The van der Waals surface area contributed by atoms with Crippen molar-refractivity contribution in [3.63, 3.8) is 0 Å². The summed E-state index contributed by atoms with van der Waals surface area (Å²) >= 11 is 0. The van der Waals surface area contributed by atoms with Gasteiger partial charge in [-0.15, -0.1) is 0 Å². The van der Waals surface area contributed by atoms with E-state index in [-0.39, 0.29) is 63.4 Å². The van der Waals surface area contributed by atoms with Crippen LogP contribution >= 0.6 is 0 Å². The molecular formula is C5H3BF3KO2. The summed E-state index contributed by atoms with van der Waals surface area (Å²) in [5.74, 6) is -0.306. The Hall–Kier alpha value is 0.441. The van der Waals surface area contributed by atoms with Crippen molar-refractivity contribution in [2.24, 2.45) is 0 Å². The van der Waals surface area contributed by atoms with Crippen LogP contribution in [0.3, 0.4) is 0 Å². The molecule has 0 spiro atoms. The fourth-order valence-electron chi connectivity index (χ4n) is 0.602. The number of halogens is 3. The van der Waals surface area contributed by atoms with Crippen LogP contribution in [0.1, 0.15) is 10.6 Å². The van der Waals surface area contributed by atoms with Gasteiger partial charge in [-0.05, 0) is 6.07 Å². The zero-order valence-corrected chi connectivity index (χ0v) is 9.38. The smallest absolute Gasteiger partial charge is 0.465 e. The van der Waals surface area contributed by atoms with Crippen molar-refractivity contribution >= 4 is 18.7 Å². The van der Waals surface area contributed by atoms with Crippen molar-refractivity contribution in [1.82, 2.24) is 0 Å². The van der Waals surface area contributed by atoms with Gasteiger partial charge in [-0.3, -0.25) is 4.79 Å². The molecule has 0 atom stereocenters. The van der Waals surface area contributed by atoms with Crippen LogP contribution in [-0.4, -0.2) is 13.3 Å². The molecule has 1 rings (SSSR count). The number of carbonyl (C=O) groups is 1. The summed E-state index contributed by atoms with van der Waals surface area (Å²) < 4.78 is 39.7. The van der Waals surface area contributed by atoms with E-state index in [1.165, 1.54) is 0 Å². The summed E-state index contributed by atoms with van der Waals surface area (Å²) in [4.78, 5) is 9.89. The maximum Gasteiger partial charge on any atom is 1.00 e. The standard InChI is InChI=1S/C5H3BF3O2.K/c7-6(8,9)4-1-5(2-10)11-3-4;/h1-3H;/q-1;+1. The molecule has 60 valence electrons. The second-order valence-electron chi connectivity index (χ2n) is 1.98. The van der Waals surface area contributed by atoms with Gasteiger partial charge in [0.2, 0.25) is 0 Å². The number of carbonyl (C=O) groups excluding carboxylic acids is 1. The molecule has 0 aliphatic rings. The van der Waals surface area contributed by atoms with E-state index < -0.39 is 12.4 Å². The zero-order valence-electron chi connectivity index (χ0n) is 6.26. The third kappa shape index (κ3) is 3.06. The van der Waals surface area contributed by atoms with Gasteiger partial charge in [-0.1, -0.05) is 5.46 Å². The molecule has 1 aromatic rings. The SMILES string of the molecule is O=Cc1cc([B-](F)(F)F)co1.[K+]. The van der Waals surface area contributed by atoms with Crippen LogP contribution in [-0.2, 0) is 0 Å². The number of aldehydes is 1. The fourth-order valence-corrected chi connectivity index (χ4v) is 0.602. The van der Waals surface area contributed by atoms with E-state index in [1.807, 2.05) is 0 Å². The molecule has 0 aliphatic carbocycles. The average molecular weight is 202 g/mol. The predicted octanol–water partition coefficient (Wildman–Crippen LogP) is -1.85. The maximum absolute atomic E-state index is 11.8. The van der Waals surface area contributed by atoms with E-state index >= 15 is 0 Å². The van der Waals surface area contributed by atoms with Crippen LogP contribution in [0.2, 0.25) is 0 Å². The molecule has 0 unspecified atom stereocenters. The summed E-state index contributed by atoms with van der Waals surface area (Å²) in [5, 5.41) is 0. The molecular weight excluding hydrogens is 199 g/mol. The Bertz CT molecular complexity index is 270. The van der Waals surface area contributed by atoms with E-state index in [9.17, 15) is 17.7 Å². The third-order valence-electron chi connectivity index (χ3n) is 1.13. The molecule has 0 saturated carbocycles. The number of rotatable bonds is 2. The molecule has 1 heterocycles. The van der Waals surface area contributed by atoms with E-state index in [0.29, 0.717) is 12.3 Å². The van der Waals surface area contributed by atoms with Crippen molar-refractivity contribution in [3.05, 3.63) is 18.1 Å². The van der Waals surface area contributed by atoms with Crippen molar-refractivity contribution < 1.29 is 73.5 Å². The Morgan fingerprint density at radius 3 is 2.25 bits per heavy atom. The van der Waals surface area contributed by atoms with Crippen LogP contribution in [0, 0.1) is 0 Å². The van der Waals surface area contributed by atoms with Crippen LogP contribution in [0.5, 0.6) is 0 Å². The first-order valence-corrected chi connectivity index (χ1v) is 2.77. The maximum atomic E-state index is 11.8. The van der Waals surface area contributed by atoms with Gasteiger partial charge in [0, 0.05) is 0 Å². The molecule has 0 aromatic carbocycles. The number of furan rings is 1. The molecule has 1 aromatic heterocycles. The second-order valence-corrected chi connectivity index (χ2v) is 1.98. The summed E-state index contributed by atoms with van der Waals surface area (Å²) in [7, 11) is 0. The van der Waals surface area contributed by atoms with Crippen LogP contribution < -0.4 is 56.8 Å². The van der Waals surface area contributed by atoms with Gasteiger partial charge in [0.15, 0.2) is 12.0 Å². The van der Waals surface area contributed by atoms with Gasteiger partial charge in [0.25, 0.3) is 0 Å². The van der Waals surface area contributed by atoms with Crippen molar-refractivity contribution in [3.8, 4) is 0 Å². The summed E-state index contributed by atoms with van der Waals surface area (Å²) in [6, 6.07) is 0.674. The fraction of sp³-hybridized carbons (Fsp3) is 0. The normalized spacial score (nSPS) is 10.6. The van der Waals surface area contributed by atoms with Crippen molar-refractivity contribution in [2.75, 3.05) is 0 Å². The molecule has 0 aliphatic heterocycles. The monoisotopic (exact) mass is 202 g/mol. The zero-order chi connectivity index (χ0) is 8.48. The molecule has 0 radical (unpaired) electrons. The quantitative estimate of drug-likeness (QED) is 0.416. The first-order valence-electron chi connectivity index (χ1n) is 2.77. The van der Waals surface area contributed by atoms with Gasteiger partial charge in [-0.25, -0.2) is 0 Å². The second kappa shape index (κ2) is 4.61. The summed E-state index contributed by atoms with van der Waals surface area (Å²) in [5.41, 5.74) is -0.882. The molecule has 0 bridgehead atoms. The largest absolute Gasteiger partial charge is 1.00 e. The molecule has 0 amide bonds. The van der Waals surface area contributed by atoms with Crippen molar-refractivity contribution in [2.45, 2.75) is 0 Å². The van der Waals surface area contributed by atoms with Gasteiger partial charge < -0.3 is 17.4 Å². The Kier molecular flexibility index (Phi) is 4.78. The number of hydrogen-bond donors (Lipinski definition) is 0. The summed E-state index contributed by atoms with van der Waals surface area (Å²) in [6.45, 7) is -5.04. The minimum Gasteiger partial charge on any atom is -0.465 e. The molecule has 0 fully saturated rings. The predicted molar refractivity (Wildman–Crippen MR) is 32.8 cm³/mol. The van der Waals surface area contributed by atoms with Gasteiger partial charge in [0.05, 0.1) is 6.26 Å². The van der Waals surface area contributed by atoms with Crippen molar-refractivity contribution in [1.29, 1.82) is 0 Å². The van der Waals surface area contributed by atoms with E-state index in [2.05, 4.69) is 4.42 Å².